The van der Waals surface area contributed by atoms with Gasteiger partial charge >= 0.3 is 5.97 Å². The van der Waals surface area contributed by atoms with E-state index in [2.05, 4.69) is 0 Å². The van der Waals surface area contributed by atoms with Crippen LogP contribution >= 0.6 is 11.6 Å². The molecule has 0 aliphatic rings. The highest BCUT2D eigenvalue weighted by Gasteiger charge is 2.15. The Morgan fingerprint density at radius 3 is 2.33 bits per heavy atom. The van der Waals surface area contributed by atoms with Gasteiger partial charge in [-0.15, -0.1) is 0 Å². The molecule has 6 heteroatoms. The van der Waals surface area contributed by atoms with Gasteiger partial charge in [-0.25, -0.2) is 8.78 Å². The number of hydrogen-bond acceptors (Lipinski definition) is 2. The second kappa shape index (κ2) is 4.55. The Morgan fingerprint density at radius 2 is 1.93 bits per heavy atom. The average molecular weight is 236 g/mol. The van der Waals surface area contributed by atoms with E-state index in [0.717, 1.165) is 12.1 Å². The van der Waals surface area contributed by atoms with Gasteiger partial charge in [0.1, 0.15) is 16.7 Å². The molecule has 0 radical (unpaired) electrons. The Hall–Kier alpha value is -1.20. The van der Waals surface area contributed by atoms with E-state index in [1.807, 2.05) is 0 Å². The number of benzene rings is 1. The molecule has 0 heterocycles. The van der Waals surface area contributed by atoms with Gasteiger partial charge in [-0.05, 0) is 17.7 Å². The largest absolute Gasteiger partial charge is 0.481 e. The number of carboxylic acid groups (broad SMARTS) is 1. The summed E-state index contributed by atoms with van der Waals surface area (Å²) >= 11 is 5.25. The molecule has 0 fully saturated rings. The fourth-order valence-corrected chi connectivity index (χ4v) is 1.20. The highest BCUT2D eigenvalue weighted by Crippen LogP contribution is 2.24. The molecule has 0 bridgehead atoms. The zero-order chi connectivity index (χ0) is 11.6. The van der Waals surface area contributed by atoms with Crippen LogP contribution in [0.3, 0.4) is 0 Å². The molecule has 0 unspecified atom stereocenters. The monoisotopic (exact) mass is 235 g/mol. The molecule has 1 aromatic rings. The molecule has 0 spiro atoms. The van der Waals surface area contributed by atoms with Crippen LogP contribution in [0.4, 0.5) is 8.78 Å². The minimum Gasteiger partial charge on any atom is -0.481 e. The van der Waals surface area contributed by atoms with E-state index in [4.69, 9.17) is 22.4 Å². The first-order valence-electron chi connectivity index (χ1n) is 4.03. The second-order valence-corrected chi connectivity index (χ2v) is 3.38. The molecule has 3 N–H and O–H groups in total. The summed E-state index contributed by atoms with van der Waals surface area (Å²) in [5.74, 6) is -3.04. The van der Waals surface area contributed by atoms with Crippen molar-refractivity contribution in [3.8, 4) is 0 Å². The topological polar surface area (TPSA) is 63.3 Å². The lowest BCUT2D eigenvalue weighted by Crippen LogP contribution is -2.15. The normalized spacial score (nSPS) is 12.5. The number of carbonyl (C=O) groups is 1. The predicted molar refractivity (Wildman–Crippen MR) is 50.5 cm³/mol. The highest BCUT2D eigenvalue weighted by atomic mass is 35.5. The van der Waals surface area contributed by atoms with Crippen molar-refractivity contribution in [3.05, 3.63) is 34.4 Å². The molecule has 1 aromatic carbocycles. The minimum absolute atomic E-state index is 0.0665. The predicted octanol–water partition coefficient (Wildman–Crippen LogP) is 2.09. The number of halogens is 3. The zero-order valence-electron chi connectivity index (χ0n) is 7.51. The number of aliphatic carboxylic acids is 1. The Balaban J connectivity index is 3.00. The molecule has 0 aromatic heterocycles. The lowest BCUT2D eigenvalue weighted by molar-refractivity contribution is -0.137. The van der Waals surface area contributed by atoms with Crippen LogP contribution in [0.25, 0.3) is 0 Å². The first kappa shape index (κ1) is 11.9. The van der Waals surface area contributed by atoms with Crippen LogP contribution in [0, 0.1) is 11.6 Å². The number of carboxylic acids is 1. The SMILES string of the molecule is N[C@H](CC(=O)O)c1cc(F)c(Cl)c(F)c1. The average Bonchev–Trinajstić information content (AvgIpc) is 2.12. The maximum atomic E-state index is 13.0. The van der Waals surface area contributed by atoms with Crippen molar-refractivity contribution in [2.75, 3.05) is 0 Å². The summed E-state index contributed by atoms with van der Waals surface area (Å²) < 4.78 is 25.9. The highest BCUT2D eigenvalue weighted by molar-refractivity contribution is 6.30. The van der Waals surface area contributed by atoms with Gasteiger partial charge in [-0.2, -0.15) is 0 Å². The lowest BCUT2D eigenvalue weighted by atomic mass is 10.0. The summed E-state index contributed by atoms with van der Waals surface area (Å²) in [4.78, 5) is 10.3. The maximum absolute atomic E-state index is 13.0. The second-order valence-electron chi connectivity index (χ2n) is 3.00. The van der Waals surface area contributed by atoms with Gasteiger partial charge in [0, 0.05) is 6.04 Å². The third-order valence-electron chi connectivity index (χ3n) is 1.83. The quantitative estimate of drug-likeness (QED) is 0.789. The van der Waals surface area contributed by atoms with Crippen LogP contribution < -0.4 is 5.73 Å². The van der Waals surface area contributed by atoms with Gasteiger partial charge < -0.3 is 10.8 Å². The summed E-state index contributed by atoms with van der Waals surface area (Å²) in [5.41, 5.74) is 5.49. The van der Waals surface area contributed by atoms with E-state index < -0.39 is 35.1 Å². The summed E-state index contributed by atoms with van der Waals surface area (Å²) in [6.07, 6.45) is -0.402. The van der Waals surface area contributed by atoms with Crippen LogP contribution in [0.2, 0.25) is 5.02 Å². The molecular weight excluding hydrogens is 228 g/mol. The molecule has 0 aliphatic carbocycles. The van der Waals surface area contributed by atoms with Gasteiger partial charge in [-0.1, -0.05) is 11.6 Å². The molecule has 0 saturated heterocycles. The smallest absolute Gasteiger partial charge is 0.305 e. The van der Waals surface area contributed by atoms with Crippen molar-refractivity contribution < 1.29 is 18.7 Å². The molecular formula is C9H8ClF2NO2. The van der Waals surface area contributed by atoms with Crippen molar-refractivity contribution in [1.29, 1.82) is 0 Å². The maximum Gasteiger partial charge on any atom is 0.305 e. The number of hydrogen-bond donors (Lipinski definition) is 2. The Labute approximate surface area is 89.5 Å². The van der Waals surface area contributed by atoms with Crippen molar-refractivity contribution in [3.63, 3.8) is 0 Å². The summed E-state index contributed by atoms with van der Waals surface area (Å²) in [7, 11) is 0. The lowest BCUT2D eigenvalue weighted by Gasteiger charge is -2.10. The standard InChI is InChI=1S/C9H8ClF2NO2/c10-9-5(11)1-4(2-6(9)12)7(13)3-8(14)15/h1-2,7H,3,13H2,(H,14,15)/t7-/m1/s1. The van der Waals surface area contributed by atoms with Crippen LogP contribution in [-0.4, -0.2) is 11.1 Å². The van der Waals surface area contributed by atoms with Crippen LogP contribution in [0.5, 0.6) is 0 Å². The molecule has 1 rings (SSSR count). The van der Waals surface area contributed by atoms with Gasteiger partial charge in [0.2, 0.25) is 0 Å². The van der Waals surface area contributed by atoms with Crippen LogP contribution in [0.1, 0.15) is 18.0 Å². The third kappa shape index (κ3) is 2.87. The Kier molecular flexibility index (Phi) is 3.60. The number of rotatable bonds is 3. The van der Waals surface area contributed by atoms with E-state index in [1.54, 1.807) is 0 Å². The number of nitrogens with two attached hydrogens (primary N) is 1. The minimum atomic E-state index is -1.14. The summed E-state index contributed by atoms with van der Waals surface area (Å²) in [5, 5.41) is 7.82. The van der Waals surface area contributed by atoms with E-state index in [0.29, 0.717) is 0 Å². The van der Waals surface area contributed by atoms with Crippen LogP contribution in [0.15, 0.2) is 12.1 Å². The van der Waals surface area contributed by atoms with Crippen molar-refractivity contribution in [1.82, 2.24) is 0 Å². The fraction of sp³-hybridized carbons (Fsp3) is 0.222. The van der Waals surface area contributed by atoms with E-state index in [1.165, 1.54) is 0 Å². The molecule has 15 heavy (non-hydrogen) atoms. The van der Waals surface area contributed by atoms with Gasteiger partial charge in [-0.3, -0.25) is 4.79 Å². The summed E-state index contributed by atoms with van der Waals surface area (Å²) in [6, 6.07) is 0.904. The molecule has 0 saturated carbocycles. The fourth-order valence-electron chi connectivity index (χ4n) is 1.10. The Morgan fingerprint density at radius 1 is 1.47 bits per heavy atom. The Bertz CT molecular complexity index is 375. The first-order chi connectivity index (χ1) is 6.91. The van der Waals surface area contributed by atoms with Crippen LogP contribution in [-0.2, 0) is 4.79 Å². The first-order valence-corrected chi connectivity index (χ1v) is 4.41. The van der Waals surface area contributed by atoms with Crippen molar-refractivity contribution in [2.45, 2.75) is 12.5 Å². The summed E-state index contributed by atoms with van der Waals surface area (Å²) in [6.45, 7) is 0. The molecule has 3 nitrogen and oxygen atoms in total. The van der Waals surface area contributed by atoms with Gasteiger partial charge in [0.15, 0.2) is 0 Å². The molecule has 82 valence electrons. The zero-order valence-corrected chi connectivity index (χ0v) is 8.26. The van der Waals surface area contributed by atoms with E-state index >= 15 is 0 Å². The van der Waals surface area contributed by atoms with Gasteiger partial charge in [0.25, 0.3) is 0 Å². The molecule has 0 amide bonds. The molecule has 0 aliphatic heterocycles. The van der Waals surface area contributed by atoms with Crippen molar-refractivity contribution >= 4 is 17.6 Å². The molecule has 1 atom stereocenters. The van der Waals surface area contributed by atoms with Gasteiger partial charge in [0.05, 0.1) is 6.42 Å². The third-order valence-corrected chi connectivity index (χ3v) is 2.19. The van der Waals surface area contributed by atoms with Crippen molar-refractivity contribution in [2.24, 2.45) is 5.73 Å². The van der Waals surface area contributed by atoms with E-state index in [-0.39, 0.29) is 5.56 Å². The van der Waals surface area contributed by atoms with E-state index in [9.17, 15) is 13.6 Å².